The summed E-state index contributed by atoms with van der Waals surface area (Å²) in [6.45, 7) is 3.61. The van der Waals surface area contributed by atoms with Crippen LogP contribution in [-0.4, -0.2) is 43.3 Å². The molecule has 0 aromatic carbocycles. The second-order valence-corrected chi connectivity index (χ2v) is 6.85. The second-order valence-electron chi connectivity index (χ2n) is 6.85. The minimum Gasteiger partial charge on any atom is -0.311 e. The zero-order chi connectivity index (χ0) is 17.0. The summed E-state index contributed by atoms with van der Waals surface area (Å²) in [5, 5.41) is 3.40. The van der Waals surface area contributed by atoms with Crippen molar-refractivity contribution in [3.63, 3.8) is 0 Å². The van der Waals surface area contributed by atoms with Gasteiger partial charge in [-0.2, -0.15) is 13.2 Å². The van der Waals surface area contributed by atoms with Gasteiger partial charge in [0.15, 0.2) is 0 Å². The van der Waals surface area contributed by atoms with Crippen LogP contribution in [0.5, 0.6) is 0 Å². The van der Waals surface area contributed by atoms with Gasteiger partial charge in [0.1, 0.15) is 0 Å². The molecular formula is C19H25F3N2. The summed E-state index contributed by atoms with van der Waals surface area (Å²) in [7, 11) is 0. The largest absolute Gasteiger partial charge is 0.416 e. The highest BCUT2D eigenvalue weighted by Gasteiger charge is 2.37. The molecule has 1 saturated heterocycles. The Hall–Kier alpha value is -1.33. The molecule has 0 spiro atoms. The monoisotopic (exact) mass is 338 g/mol. The normalized spacial score (nSPS) is 28.6. The number of nitrogens with zero attached hydrogens (tertiary/aromatic N) is 1. The molecule has 24 heavy (non-hydrogen) atoms. The van der Waals surface area contributed by atoms with Crippen molar-refractivity contribution in [3.05, 3.63) is 47.6 Å². The van der Waals surface area contributed by atoms with E-state index in [1.165, 1.54) is 6.08 Å². The first-order chi connectivity index (χ1) is 11.5. The molecule has 2 nitrogen and oxygen atoms in total. The lowest BCUT2D eigenvalue weighted by molar-refractivity contribution is -0.0901. The van der Waals surface area contributed by atoms with Gasteiger partial charge in [-0.05, 0) is 37.2 Å². The average Bonchev–Trinajstić information content (AvgIpc) is 2.56. The Morgan fingerprint density at radius 1 is 1.17 bits per heavy atom. The van der Waals surface area contributed by atoms with E-state index in [0.717, 1.165) is 32.6 Å². The Morgan fingerprint density at radius 3 is 2.75 bits per heavy atom. The molecule has 1 N–H and O–H groups in total. The van der Waals surface area contributed by atoms with Crippen LogP contribution >= 0.6 is 0 Å². The Balaban J connectivity index is 1.57. The molecule has 5 heteroatoms. The van der Waals surface area contributed by atoms with E-state index < -0.39 is 11.7 Å². The van der Waals surface area contributed by atoms with Crippen molar-refractivity contribution in [2.75, 3.05) is 26.2 Å². The van der Waals surface area contributed by atoms with Crippen molar-refractivity contribution < 1.29 is 13.2 Å². The molecule has 3 rings (SSSR count). The van der Waals surface area contributed by atoms with E-state index in [1.807, 2.05) is 0 Å². The summed E-state index contributed by atoms with van der Waals surface area (Å²) in [5.74, 6) is 0.522. The van der Waals surface area contributed by atoms with Crippen molar-refractivity contribution in [1.82, 2.24) is 10.2 Å². The highest BCUT2D eigenvalue weighted by atomic mass is 19.4. The Morgan fingerprint density at radius 2 is 2.00 bits per heavy atom. The maximum absolute atomic E-state index is 13.2. The van der Waals surface area contributed by atoms with Gasteiger partial charge in [-0.15, -0.1) is 0 Å². The van der Waals surface area contributed by atoms with Gasteiger partial charge in [0.2, 0.25) is 0 Å². The predicted octanol–water partition coefficient (Wildman–Crippen LogP) is 3.99. The Labute approximate surface area is 141 Å². The Kier molecular flexibility index (Phi) is 5.61. The van der Waals surface area contributed by atoms with Crippen LogP contribution in [0.2, 0.25) is 0 Å². The lowest BCUT2D eigenvalue weighted by Crippen LogP contribution is -2.51. The van der Waals surface area contributed by atoms with E-state index in [1.54, 1.807) is 6.08 Å². The number of hydrogen-bond acceptors (Lipinski definition) is 2. The lowest BCUT2D eigenvalue weighted by Gasteiger charge is -2.36. The molecule has 0 saturated carbocycles. The van der Waals surface area contributed by atoms with Gasteiger partial charge in [0.05, 0.1) is 5.57 Å². The summed E-state index contributed by atoms with van der Waals surface area (Å²) in [6.07, 6.45) is 10.2. The van der Waals surface area contributed by atoms with Crippen LogP contribution in [0.15, 0.2) is 47.6 Å². The Bertz CT molecular complexity index is 557. The van der Waals surface area contributed by atoms with Gasteiger partial charge in [0.25, 0.3) is 0 Å². The van der Waals surface area contributed by atoms with E-state index in [4.69, 9.17) is 0 Å². The van der Waals surface area contributed by atoms with Gasteiger partial charge in [-0.3, -0.25) is 4.90 Å². The summed E-state index contributed by atoms with van der Waals surface area (Å²) in [5.41, 5.74) is 0.0432. The zero-order valence-electron chi connectivity index (χ0n) is 13.9. The van der Waals surface area contributed by atoms with Crippen molar-refractivity contribution in [1.29, 1.82) is 0 Å². The first-order valence-electron chi connectivity index (χ1n) is 8.78. The molecule has 1 heterocycles. The molecule has 1 fully saturated rings. The molecule has 0 radical (unpaired) electrons. The fourth-order valence-electron chi connectivity index (χ4n) is 3.78. The van der Waals surface area contributed by atoms with Gasteiger partial charge in [0, 0.05) is 32.2 Å². The number of nitrogens with one attached hydrogen (secondary N) is 1. The van der Waals surface area contributed by atoms with Crippen molar-refractivity contribution in [2.45, 2.75) is 37.9 Å². The molecule has 132 valence electrons. The van der Waals surface area contributed by atoms with E-state index in [2.05, 4.69) is 34.5 Å². The molecule has 0 bridgehead atoms. The van der Waals surface area contributed by atoms with Gasteiger partial charge in [-0.1, -0.05) is 36.5 Å². The fourth-order valence-corrected chi connectivity index (χ4v) is 3.78. The number of allylic oxidation sites excluding steroid dienone is 6. The van der Waals surface area contributed by atoms with E-state index in [0.29, 0.717) is 30.8 Å². The second kappa shape index (κ2) is 7.70. The van der Waals surface area contributed by atoms with Crippen LogP contribution in [0.1, 0.15) is 25.7 Å². The van der Waals surface area contributed by atoms with Crippen molar-refractivity contribution in [3.8, 4) is 0 Å². The minimum atomic E-state index is -4.24. The molecule has 1 aliphatic heterocycles. The first-order valence-corrected chi connectivity index (χ1v) is 8.78. The highest BCUT2D eigenvalue weighted by molar-refractivity contribution is 5.37. The third-order valence-electron chi connectivity index (χ3n) is 4.93. The molecule has 0 aromatic rings. The van der Waals surface area contributed by atoms with Crippen LogP contribution in [0, 0.1) is 5.92 Å². The van der Waals surface area contributed by atoms with E-state index >= 15 is 0 Å². The third kappa shape index (κ3) is 4.61. The summed E-state index contributed by atoms with van der Waals surface area (Å²) in [6, 6.07) is 0.0944. The molecule has 2 atom stereocenters. The number of hydrogen-bond donors (Lipinski definition) is 1. The van der Waals surface area contributed by atoms with Crippen LogP contribution in [0.3, 0.4) is 0 Å². The van der Waals surface area contributed by atoms with Crippen LogP contribution < -0.4 is 5.32 Å². The maximum Gasteiger partial charge on any atom is 0.416 e. The molecular weight excluding hydrogens is 313 g/mol. The standard InChI is InChI=1S/C19H25F3N2/c20-19(21,22)18-9-5-4-8-16(18)12-17-14-24(11-10-23-17)13-15-6-2-1-3-7-15/h1-3,6,8-9,15,17,23H,4-5,7,10-14H2/t15?,17-/m1/s1. The predicted molar refractivity (Wildman–Crippen MR) is 90.7 cm³/mol. The summed E-state index contributed by atoms with van der Waals surface area (Å²) >= 11 is 0. The van der Waals surface area contributed by atoms with Crippen LogP contribution in [0.25, 0.3) is 0 Å². The fraction of sp³-hybridized carbons (Fsp3) is 0.579. The van der Waals surface area contributed by atoms with Gasteiger partial charge >= 0.3 is 6.18 Å². The lowest BCUT2D eigenvalue weighted by atomic mass is 9.91. The molecule has 0 aromatic heterocycles. The topological polar surface area (TPSA) is 15.3 Å². The van der Waals surface area contributed by atoms with Gasteiger partial charge in [-0.25, -0.2) is 0 Å². The smallest absolute Gasteiger partial charge is 0.311 e. The SMILES string of the molecule is FC(F)(F)C1=CCCC=C1C[C@@H]1CN(CC2C=CC=CC2)CCN1. The maximum atomic E-state index is 13.2. The minimum absolute atomic E-state index is 0.0944. The highest BCUT2D eigenvalue weighted by Crippen LogP contribution is 2.36. The number of rotatable bonds is 4. The molecule has 1 unspecified atom stereocenters. The summed E-state index contributed by atoms with van der Waals surface area (Å²) < 4.78 is 39.5. The van der Waals surface area contributed by atoms with E-state index in [9.17, 15) is 13.2 Å². The quantitative estimate of drug-likeness (QED) is 0.834. The number of alkyl halides is 3. The molecule has 3 aliphatic rings. The third-order valence-corrected chi connectivity index (χ3v) is 4.93. The number of piperazine rings is 1. The van der Waals surface area contributed by atoms with Gasteiger partial charge < -0.3 is 5.32 Å². The van der Waals surface area contributed by atoms with Crippen LogP contribution in [-0.2, 0) is 0 Å². The van der Waals surface area contributed by atoms with E-state index in [-0.39, 0.29) is 6.04 Å². The van der Waals surface area contributed by atoms with Crippen LogP contribution in [0.4, 0.5) is 13.2 Å². The van der Waals surface area contributed by atoms with Crippen molar-refractivity contribution in [2.24, 2.45) is 5.92 Å². The number of halogens is 3. The zero-order valence-corrected chi connectivity index (χ0v) is 13.9. The summed E-state index contributed by atoms with van der Waals surface area (Å²) in [4.78, 5) is 2.38. The molecule has 0 amide bonds. The molecule has 2 aliphatic carbocycles. The van der Waals surface area contributed by atoms with Crippen molar-refractivity contribution >= 4 is 0 Å². The average molecular weight is 338 g/mol. The first kappa shape index (κ1) is 17.5.